The molecule has 0 aliphatic heterocycles. The van der Waals surface area contributed by atoms with Crippen molar-refractivity contribution in [2.24, 2.45) is 0 Å². The zero-order valence-electron chi connectivity index (χ0n) is 8.56. The maximum absolute atomic E-state index is 3.55. The second kappa shape index (κ2) is 8.97. The minimum Gasteiger partial charge on any atom is -0.325 e. The monoisotopic (exact) mass is 186 g/mol. The average molecular weight is 186 g/mol. The van der Waals surface area contributed by atoms with E-state index in [4.69, 9.17) is 0 Å². The van der Waals surface area contributed by atoms with Gasteiger partial charge < -0.3 is 9.96 Å². The van der Waals surface area contributed by atoms with Crippen LogP contribution >= 0.6 is 0 Å². The summed E-state index contributed by atoms with van der Waals surface area (Å²) < 4.78 is 0. The van der Waals surface area contributed by atoms with Crippen molar-refractivity contribution in [3.05, 3.63) is 11.8 Å². The Hall–Kier alpha value is -0.123. The first-order valence-corrected chi connectivity index (χ1v) is 6.76. The third-order valence-electron chi connectivity index (χ3n) is 1.61. The van der Waals surface area contributed by atoms with Crippen molar-refractivity contribution in [2.45, 2.75) is 33.6 Å². The first-order valence-electron chi connectivity index (χ1n) is 4.94. The number of nitrogens with one attached hydrogen (secondary N) is 2. The lowest BCUT2D eigenvalue weighted by Gasteiger charge is -2.13. The summed E-state index contributed by atoms with van der Waals surface area (Å²) in [6.07, 6.45) is 4.58. The first-order chi connectivity index (χ1) is 5.85. The van der Waals surface area contributed by atoms with Crippen LogP contribution in [0.1, 0.15) is 33.6 Å². The number of rotatable bonds is 7. The molecule has 0 aliphatic rings. The van der Waals surface area contributed by atoms with Crippen molar-refractivity contribution >= 4 is 9.12 Å². The molecule has 3 heteroatoms. The summed E-state index contributed by atoms with van der Waals surface area (Å²) in [6.45, 7) is 8.76. The van der Waals surface area contributed by atoms with Crippen LogP contribution in [0.2, 0.25) is 0 Å². The van der Waals surface area contributed by atoms with Gasteiger partial charge in [0.1, 0.15) is 0 Å². The quantitative estimate of drug-likeness (QED) is 0.586. The molecule has 0 radical (unpaired) electrons. The Labute approximate surface area is 78.2 Å². The van der Waals surface area contributed by atoms with Crippen LogP contribution in [-0.4, -0.2) is 22.2 Å². The van der Waals surface area contributed by atoms with Crippen LogP contribution in [0.3, 0.4) is 0 Å². The third-order valence-corrected chi connectivity index (χ3v) is 3.84. The molecular formula is C9H22N2Si. The zero-order valence-corrected chi connectivity index (χ0v) is 9.72. The SMILES string of the molecule is CC=C[SiH](NCCC)NCCC. The van der Waals surface area contributed by atoms with E-state index in [0.717, 1.165) is 13.1 Å². The molecule has 0 rings (SSSR count). The Kier molecular flexibility index (Phi) is 8.88. The normalized spacial score (nSPS) is 11.7. The van der Waals surface area contributed by atoms with Crippen molar-refractivity contribution in [1.29, 1.82) is 0 Å². The highest BCUT2D eigenvalue weighted by atomic mass is 28.3. The van der Waals surface area contributed by atoms with E-state index in [1.165, 1.54) is 12.8 Å². The lowest BCUT2D eigenvalue weighted by molar-refractivity contribution is 0.797. The van der Waals surface area contributed by atoms with Crippen molar-refractivity contribution in [1.82, 2.24) is 9.96 Å². The molecule has 0 aromatic rings. The summed E-state index contributed by atoms with van der Waals surface area (Å²) in [5.74, 6) is 0. The molecule has 0 saturated carbocycles. The molecule has 0 heterocycles. The Balaban J connectivity index is 3.54. The van der Waals surface area contributed by atoms with E-state index < -0.39 is 9.12 Å². The second-order valence-corrected chi connectivity index (χ2v) is 5.07. The van der Waals surface area contributed by atoms with Crippen molar-refractivity contribution in [3.8, 4) is 0 Å². The van der Waals surface area contributed by atoms with Crippen LogP contribution in [0.25, 0.3) is 0 Å². The van der Waals surface area contributed by atoms with E-state index >= 15 is 0 Å². The zero-order chi connectivity index (χ0) is 9.23. The van der Waals surface area contributed by atoms with Gasteiger partial charge in [0.2, 0.25) is 9.12 Å². The summed E-state index contributed by atoms with van der Waals surface area (Å²) in [5.41, 5.74) is 2.30. The molecule has 0 atom stereocenters. The second-order valence-electron chi connectivity index (χ2n) is 2.91. The van der Waals surface area contributed by atoms with Gasteiger partial charge >= 0.3 is 0 Å². The predicted octanol–water partition coefficient (Wildman–Crippen LogP) is 1.32. The lowest BCUT2D eigenvalue weighted by atomic mass is 10.5. The number of allylic oxidation sites excluding steroid dienone is 1. The van der Waals surface area contributed by atoms with E-state index in [9.17, 15) is 0 Å². The van der Waals surface area contributed by atoms with E-state index in [1.807, 2.05) is 0 Å². The van der Waals surface area contributed by atoms with Crippen LogP contribution in [0.5, 0.6) is 0 Å². The summed E-state index contributed by atoms with van der Waals surface area (Å²) in [5, 5.41) is 0. The van der Waals surface area contributed by atoms with E-state index in [-0.39, 0.29) is 0 Å². The van der Waals surface area contributed by atoms with Gasteiger partial charge in [-0.15, -0.1) is 0 Å². The molecule has 0 fully saturated rings. The lowest BCUT2D eigenvalue weighted by Crippen LogP contribution is -2.46. The maximum Gasteiger partial charge on any atom is 0.209 e. The first kappa shape index (κ1) is 11.9. The molecule has 72 valence electrons. The summed E-state index contributed by atoms with van der Waals surface area (Å²) in [7, 11) is -0.950. The predicted molar refractivity (Wildman–Crippen MR) is 58.6 cm³/mol. The highest BCUT2D eigenvalue weighted by Crippen LogP contribution is 1.80. The Morgan fingerprint density at radius 1 is 1.08 bits per heavy atom. The molecule has 0 saturated heterocycles. The maximum atomic E-state index is 3.55. The standard InChI is InChI=1S/C9H22N2Si/c1-4-7-10-12(9-6-3)11-8-5-2/h6,9-12H,4-5,7-8H2,1-3H3. The van der Waals surface area contributed by atoms with Crippen LogP contribution in [0.4, 0.5) is 0 Å². The molecule has 0 aromatic heterocycles. The van der Waals surface area contributed by atoms with Crippen molar-refractivity contribution < 1.29 is 0 Å². The van der Waals surface area contributed by atoms with Gasteiger partial charge in [0.25, 0.3) is 0 Å². The molecule has 0 unspecified atom stereocenters. The minimum atomic E-state index is -0.950. The molecule has 12 heavy (non-hydrogen) atoms. The smallest absolute Gasteiger partial charge is 0.209 e. The van der Waals surface area contributed by atoms with Gasteiger partial charge in [0.05, 0.1) is 0 Å². The van der Waals surface area contributed by atoms with Crippen molar-refractivity contribution in [2.75, 3.05) is 13.1 Å². The fraction of sp³-hybridized carbons (Fsp3) is 0.778. The van der Waals surface area contributed by atoms with E-state index in [0.29, 0.717) is 0 Å². The molecule has 2 nitrogen and oxygen atoms in total. The van der Waals surface area contributed by atoms with Gasteiger partial charge in [-0.25, -0.2) is 0 Å². The van der Waals surface area contributed by atoms with Crippen LogP contribution < -0.4 is 9.96 Å². The molecule has 0 bridgehead atoms. The molecule has 2 N–H and O–H groups in total. The fourth-order valence-corrected chi connectivity index (χ4v) is 3.00. The fourth-order valence-electron chi connectivity index (χ4n) is 1.00. The summed E-state index contributed by atoms with van der Waals surface area (Å²) in [4.78, 5) is 7.09. The molecule has 0 aromatic carbocycles. The molecule has 0 amide bonds. The highest BCUT2D eigenvalue weighted by molar-refractivity contribution is 6.58. The van der Waals surface area contributed by atoms with Crippen LogP contribution in [-0.2, 0) is 0 Å². The van der Waals surface area contributed by atoms with Crippen LogP contribution in [0, 0.1) is 0 Å². The largest absolute Gasteiger partial charge is 0.325 e. The van der Waals surface area contributed by atoms with Gasteiger partial charge in [-0.3, -0.25) is 0 Å². The van der Waals surface area contributed by atoms with E-state index in [1.54, 1.807) is 0 Å². The molecule has 0 aliphatic carbocycles. The Morgan fingerprint density at radius 3 is 1.92 bits per heavy atom. The average Bonchev–Trinajstić information content (AvgIpc) is 2.10. The highest BCUT2D eigenvalue weighted by Gasteiger charge is 2.02. The number of hydrogen-bond donors (Lipinski definition) is 2. The van der Waals surface area contributed by atoms with Gasteiger partial charge in [-0.2, -0.15) is 0 Å². The summed E-state index contributed by atoms with van der Waals surface area (Å²) in [6, 6.07) is 0. The Bertz CT molecular complexity index is 107. The molecular weight excluding hydrogens is 164 g/mol. The third kappa shape index (κ3) is 6.58. The Morgan fingerprint density at radius 2 is 1.58 bits per heavy atom. The van der Waals surface area contributed by atoms with Gasteiger partial charge in [-0.05, 0) is 32.9 Å². The summed E-state index contributed by atoms with van der Waals surface area (Å²) >= 11 is 0. The minimum absolute atomic E-state index is 0.950. The van der Waals surface area contributed by atoms with Crippen molar-refractivity contribution in [3.63, 3.8) is 0 Å². The van der Waals surface area contributed by atoms with E-state index in [2.05, 4.69) is 42.5 Å². The molecule has 0 spiro atoms. The number of hydrogen-bond acceptors (Lipinski definition) is 2. The van der Waals surface area contributed by atoms with Crippen LogP contribution in [0.15, 0.2) is 11.8 Å². The van der Waals surface area contributed by atoms with Gasteiger partial charge in [0, 0.05) is 0 Å². The topological polar surface area (TPSA) is 24.1 Å². The van der Waals surface area contributed by atoms with Gasteiger partial charge in [-0.1, -0.05) is 25.6 Å². The van der Waals surface area contributed by atoms with Gasteiger partial charge in [0.15, 0.2) is 0 Å².